The van der Waals surface area contributed by atoms with Gasteiger partial charge in [-0.2, -0.15) is 0 Å². The van der Waals surface area contributed by atoms with Crippen LogP contribution in [0.3, 0.4) is 0 Å². The number of rotatable bonds is 7. The third-order valence-corrected chi connectivity index (χ3v) is 4.34. The van der Waals surface area contributed by atoms with Crippen LogP contribution >= 0.6 is 0 Å². The van der Waals surface area contributed by atoms with Crippen LogP contribution in [0, 0.1) is 5.92 Å². The van der Waals surface area contributed by atoms with E-state index in [0.29, 0.717) is 18.8 Å². The van der Waals surface area contributed by atoms with Crippen molar-refractivity contribution < 1.29 is 9.59 Å². The molecule has 0 spiro atoms. The number of hydrogen-bond acceptors (Lipinski definition) is 2. The van der Waals surface area contributed by atoms with Crippen molar-refractivity contribution in [3.63, 3.8) is 0 Å². The molecule has 0 bridgehead atoms. The van der Waals surface area contributed by atoms with Gasteiger partial charge in [-0.25, -0.2) is 0 Å². The summed E-state index contributed by atoms with van der Waals surface area (Å²) in [6, 6.07) is -0.328. The lowest BCUT2D eigenvalue weighted by Gasteiger charge is -2.32. The molecule has 0 aromatic heterocycles. The van der Waals surface area contributed by atoms with Gasteiger partial charge in [-0.15, -0.1) is 0 Å². The van der Waals surface area contributed by atoms with E-state index in [-0.39, 0.29) is 23.9 Å². The van der Waals surface area contributed by atoms with Crippen molar-refractivity contribution in [1.29, 1.82) is 0 Å². The van der Waals surface area contributed by atoms with Gasteiger partial charge >= 0.3 is 0 Å². The van der Waals surface area contributed by atoms with Crippen LogP contribution in [0.4, 0.5) is 0 Å². The Morgan fingerprint density at radius 2 is 2.00 bits per heavy atom. The van der Waals surface area contributed by atoms with Gasteiger partial charge in [0.1, 0.15) is 6.04 Å². The normalized spacial score (nSPS) is 25.3. The van der Waals surface area contributed by atoms with Crippen LogP contribution in [0.1, 0.15) is 66.2 Å². The Balaban J connectivity index is 2.76. The van der Waals surface area contributed by atoms with E-state index in [1.165, 1.54) is 19.3 Å². The van der Waals surface area contributed by atoms with Gasteiger partial charge in [0.15, 0.2) is 0 Å². The summed E-state index contributed by atoms with van der Waals surface area (Å²) < 4.78 is 0. The standard InChI is InChI=1S/C16H30N2O2/c1-5-8-9-13(6-2)11-18-12(4)10-15(19)17-14(7-3)16(18)20/h12-14H,5-11H2,1-4H3,(H,17,19). The van der Waals surface area contributed by atoms with E-state index in [4.69, 9.17) is 0 Å². The summed E-state index contributed by atoms with van der Waals surface area (Å²) in [6.07, 6.45) is 5.75. The molecule has 2 amide bonds. The van der Waals surface area contributed by atoms with Crippen molar-refractivity contribution in [2.75, 3.05) is 6.54 Å². The molecule has 116 valence electrons. The zero-order valence-corrected chi connectivity index (χ0v) is 13.4. The Hall–Kier alpha value is -1.06. The van der Waals surface area contributed by atoms with E-state index in [1.807, 2.05) is 18.7 Å². The fraction of sp³-hybridized carbons (Fsp3) is 0.875. The second-order valence-electron chi connectivity index (χ2n) is 5.99. The first-order valence-corrected chi connectivity index (χ1v) is 8.13. The predicted octanol–water partition coefficient (Wildman–Crippen LogP) is 2.72. The highest BCUT2D eigenvalue weighted by Crippen LogP contribution is 2.20. The molecule has 3 unspecified atom stereocenters. The highest BCUT2D eigenvalue weighted by Gasteiger charge is 2.33. The molecule has 0 aromatic carbocycles. The lowest BCUT2D eigenvalue weighted by atomic mass is 9.97. The molecular formula is C16H30N2O2. The third-order valence-electron chi connectivity index (χ3n) is 4.34. The Kier molecular flexibility index (Phi) is 7.03. The Labute approximate surface area is 123 Å². The summed E-state index contributed by atoms with van der Waals surface area (Å²) in [5.74, 6) is 0.648. The predicted molar refractivity (Wildman–Crippen MR) is 81.3 cm³/mol. The van der Waals surface area contributed by atoms with Crippen LogP contribution in [0.5, 0.6) is 0 Å². The molecule has 0 aromatic rings. The highest BCUT2D eigenvalue weighted by atomic mass is 16.2. The van der Waals surface area contributed by atoms with Crippen LogP contribution in [-0.4, -0.2) is 35.3 Å². The first-order chi connectivity index (χ1) is 9.53. The lowest BCUT2D eigenvalue weighted by Crippen LogP contribution is -2.47. The number of hydrogen-bond donors (Lipinski definition) is 1. The second-order valence-corrected chi connectivity index (χ2v) is 5.99. The molecule has 3 atom stereocenters. The van der Waals surface area contributed by atoms with Gasteiger partial charge in [-0.3, -0.25) is 9.59 Å². The van der Waals surface area contributed by atoms with E-state index in [9.17, 15) is 9.59 Å². The van der Waals surface area contributed by atoms with Gasteiger partial charge in [0.05, 0.1) is 0 Å². The van der Waals surface area contributed by atoms with Crippen LogP contribution in [0.15, 0.2) is 0 Å². The van der Waals surface area contributed by atoms with Crippen LogP contribution in [0.25, 0.3) is 0 Å². The lowest BCUT2D eigenvalue weighted by molar-refractivity contribution is -0.135. The zero-order valence-electron chi connectivity index (χ0n) is 13.4. The van der Waals surface area contributed by atoms with E-state index < -0.39 is 0 Å². The summed E-state index contributed by atoms with van der Waals surface area (Å²) in [5, 5.41) is 2.84. The molecule has 1 aliphatic heterocycles. The first-order valence-electron chi connectivity index (χ1n) is 8.13. The van der Waals surface area contributed by atoms with Crippen molar-refractivity contribution in [2.45, 2.75) is 78.3 Å². The summed E-state index contributed by atoms with van der Waals surface area (Å²) in [5.41, 5.74) is 0. The monoisotopic (exact) mass is 282 g/mol. The average Bonchev–Trinajstić information content (AvgIpc) is 2.53. The van der Waals surface area contributed by atoms with E-state index >= 15 is 0 Å². The molecule has 1 aliphatic rings. The molecule has 0 saturated carbocycles. The molecule has 1 rings (SSSR count). The van der Waals surface area contributed by atoms with Crippen molar-refractivity contribution in [3.05, 3.63) is 0 Å². The average molecular weight is 282 g/mol. The molecule has 4 heteroatoms. The zero-order chi connectivity index (χ0) is 15.1. The molecule has 1 heterocycles. The number of nitrogens with one attached hydrogen (secondary N) is 1. The SMILES string of the molecule is CCCCC(CC)CN1C(=O)C(CC)NC(=O)CC1C. The van der Waals surface area contributed by atoms with Gasteiger partial charge in [0.2, 0.25) is 11.8 Å². The summed E-state index contributed by atoms with van der Waals surface area (Å²) in [6.45, 7) is 9.12. The maximum absolute atomic E-state index is 12.6. The second kappa shape index (κ2) is 8.28. The Morgan fingerprint density at radius 1 is 1.30 bits per heavy atom. The van der Waals surface area contributed by atoms with Gasteiger partial charge in [0.25, 0.3) is 0 Å². The van der Waals surface area contributed by atoms with Gasteiger partial charge < -0.3 is 10.2 Å². The molecule has 0 radical (unpaired) electrons. The Morgan fingerprint density at radius 3 is 2.55 bits per heavy atom. The maximum Gasteiger partial charge on any atom is 0.245 e. The molecule has 1 saturated heterocycles. The quantitative estimate of drug-likeness (QED) is 0.780. The summed E-state index contributed by atoms with van der Waals surface area (Å²) in [7, 11) is 0. The molecular weight excluding hydrogens is 252 g/mol. The third kappa shape index (κ3) is 4.50. The van der Waals surface area contributed by atoms with Crippen molar-refractivity contribution in [1.82, 2.24) is 10.2 Å². The minimum atomic E-state index is -0.337. The molecule has 20 heavy (non-hydrogen) atoms. The molecule has 1 fully saturated rings. The highest BCUT2D eigenvalue weighted by molar-refractivity contribution is 5.90. The first kappa shape index (κ1) is 17.0. The largest absolute Gasteiger partial charge is 0.344 e. The number of unbranched alkanes of at least 4 members (excludes halogenated alkanes) is 1. The minimum Gasteiger partial charge on any atom is -0.344 e. The fourth-order valence-corrected chi connectivity index (χ4v) is 2.85. The van der Waals surface area contributed by atoms with Crippen molar-refractivity contribution in [3.8, 4) is 0 Å². The fourth-order valence-electron chi connectivity index (χ4n) is 2.85. The van der Waals surface area contributed by atoms with Crippen LogP contribution in [-0.2, 0) is 9.59 Å². The minimum absolute atomic E-state index is 0.00167. The number of amides is 2. The molecule has 1 N–H and O–H groups in total. The van der Waals surface area contributed by atoms with Crippen molar-refractivity contribution >= 4 is 11.8 Å². The molecule has 0 aliphatic carbocycles. The van der Waals surface area contributed by atoms with Crippen molar-refractivity contribution in [2.24, 2.45) is 5.92 Å². The van der Waals surface area contributed by atoms with E-state index in [2.05, 4.69) is 19.2 Å². The number of nitrogens with zero attached hydrogens (tertiary/aromatic N) is 1. The maximum atomic E-state index is 12.6. The summed E-state index contributed by atoms with van der Waals surface area (Å²) >= 11 is 0. The van der Waals surface area contributed by atoms with Gasteiger partial charge in [0, 0.05) is 19.0 Å². The Bertz CT molecular complexity index is 330. The van der Waals surface area contributed by atoms with E-state index in [0.717, 1.165) is 13.0 Å². The van der Waals surface area contributed by atoms with E-state index in [1.54, 1.807) is 0 Å². The number of carbonyl (C=O) groups excluding carboxylic acids is 2. The van der Waals surface area contributed by atoms with Crippen LogP contribution < -0.4 is 5.32 Å². The summed E-state index contributed by atoms with van der Waals surface area (Å²) in [4.78, 5) is 26.3. The topological polar surface area (TPSA) is 49.4 Å². The van der Waals surface area contributed by atoms with Crippen LogP contribution in [0.2, 0.25) is 0 Å². The smallest absolute Gasteiger partial charge is 0.245 e. The van der Waals surface area contributed by atoms with Gasteiger partial charge in [-0.1, -0.05) is 40.0 Å². The number of carbonyl (C=O) groups is 2. The van der Waals surface area contributed by atoms with Gasteiger partial charge in [-0.05, 0) is 25.7 Å². The molecule has 4 nitrogen and oxygen atoms in total.